The van der Waals surface area contributed by atoms with Crippen LogP contribution in [0.3, 0.4) is 0 Å². The number of aliphatic carboxylic acids is 1. The molecule has 0 aliphatic carbocycles. The van der Waals surface area contributed by atoms with Crippen LogP contribution >= 0.6 is 0 Å². The number of hydrogen-bond donors (Lipinski definition) is 3. The molecule has 0 aromatic carbocycles. The standard InChI is InChI=1S/C7H9N3O4/c1-4(6(12)13)9-10-5(11)2-3-8-7(10)14/h2-4,9H,1H3,(H,8,14)(H,12,13)/t4-/m0/s1. The van der Waals surface area contributed by atoms with Crippen molar-refractivity contribution in [2.24, 2.45) is 0 Å². The molecule has 0 saturated carbocycles. The molecule has 0 amide bonds. The quantitative estimate of drug-likeness (QED) is 0.552. The zero-order valence-corrected chi connectivity index (χ0v) is 7.35. The number of nitrogens with one attached hydrogen (secondary N) is 2. The minimum absolute atomic E-state index is 0.609. The van der Waals surface area contributed by atoms with Gasteiger partial charge in [-0.3, -0.25) is 4.79 Å². The molecule has 14 heavy (non-hydrogen) atoms. The van der Waals surface area contributed by atoms with Crippen molar-refractivity contribution in [1.82, 2.24) is 9.66 Å². The maximum absolute atomic E-state index is 11.1. The predicted molar refractivity (Wildman–Crippen MR) is 47.8 cm³/mol. The lowest BCUT2D eigenvalue weighted by Gasteiger charge is -2.10. The molecule has 0 fully saturated rings. The summed E-state index contributed by atoms with van der Waals surface area (Å²) < 4.78 is 0.610. The van der Waals surface area contributed by atoms with E-state index in [0.29, 0.717) is 4.68 Å². The first-order chi connectivity index (χ1) is 6.52. The van der Waals surface area contributed by atoms with Gasteiger partial charge in [0, 0.05) is 12.3 Å². The predicted octanol–water partition coefficient (Wildman–Crippen LogP) is -1.45. The molecule has 1 rings (SSSR count). The van der Waals surface area contributed by atoms with E-state index in [2.05, 4.69) is 10.4 Å². The fourth-order valence-corrected chi connectivity index (χ4v) is 0.795. The number of aromatic amines is 1. The zero-order valence-electron chi connectivity index (χ0n) is 7.35. The highest BCUT2D eigenvalue weighted by Gasteiger charge is 2.11. The first kappa shape index (κ1) is 10.0. The number of carbonyl (C=O) groups is 1. The number of carboxylic acids is 1. The Morgan fingerprint density at radius 1 is 1.64 bits per heavy atom. The van der Waals surface area contributed by atoms with Crippen LogP contribution in [0.2, 0.25) is 0 Å². The van der Waals surface area contributed by atoms with Crippen LogP contribution in [0.5, 0.6) is 0 Å². The Kier molecular flexibility index (Phi) is 2.70. The van der Waals surface area contributed by atoms with E-state index in [-0.39, 0.29) is 0 Å². The van der Waals surface area contributed by atoms with Gasteiger partial charge >= 0.3 is 11.7 Å². The first-order valence-corrected chi connectivity index (χ1v) is 3.82. The minimum atomic E-state index is -1.15. The van der Waals surface area contributed by atoms with Crippen molar-refractivity contribution in [2.75, 3.05) is 5.43 Å². The highest BCUT2D eigenvalue weighted by molar-refractivity contribution is 5.74. The third-order valence-corrected chi connectivity index (χ3v) is 1.55. The Balaban J connectivity index is 3.03. The number of carboxylic acid groups (broad SMARTS) is 1. The second-order valence-electron chi connectivity index (χ2n) is 2.65. The Hall–Kier alpha value is -2.05. The van der Waals surface area contributed by atoms with E-state index in [1.807, 2.05) is 0 Å². The molecular weight excluding hydrogens is 190 g/mol. The van der Waals surface area contributed by atoms with E-state index in [4.69, 9.17) is 5.11 Å². The van der Waals surface area contributed by atoms with Gasteiger partial charge < -0.3 is 15.5 Å². The van der Waals surface area contributed by atoms with Crippen LogP contribution in [-0.2, 0) is 4.79 Å². The number of H-pyrrole nitrogens is 1. The van der Waals surface area contributed by atoms with Crippen molar-refractivity contribution in [2.45, 2.75) is 13.0 Å². The Morgan fingerprint density at radius 3 is 2.79 bits per heavy atom. The highest BCUT2D eigenvalue weighted by Crippen LogP contribution is 1.80. The molecule has 0 bridgehead atoms. The van der Waals surface area contributed by atoms with E-state index in [9.17, 15) is 14.4 Å². The van der Waals surface area contributed by atoms with Crippen molar-refractivity contribution < 1.29 is 9.90 Å². The zero-order chi connectivity index (χ0) is 10.7. The number of hydrogen-bond acceptors (Lipinski definition) is 4. The second kappa shape index (κ2) is 3.77. The average molecular weight is 199 g/mol. The maximum atomic E-state index is 11.1. The monoisotopic (exact) mass is 199 g/mol. The Morgan fingerprint density at radius 2 is 2.29 bits per heavy atom. The molecule has 3 N–H and O–H groups in total. The molecule has 76 valence electrons. The van der Waals surface area contributed by atoms with Gasteiger partial charge in [0.1, 0.15) is 6.04 Å². The van der Waals surface area contributed by atoms with E-state index >= 15 is 0 Å². The minimum Gasteiger partial charge on any atom is -0.480 e. The van der Waals surface area contributed by atoms with Crippen LogP contribution in [0.15, 0.2) is 21.9 Å². The summed E-state index contributed by atoms with van der Waals surface area (Å²) >= 11 is 0. The summed E-state index contributed by atoms with van der Waals surface area (Å²) in [5.74, 6) is -1.15. The fraction of sp³-hybridized carbons (Fsp3) is 0.286. The third kappa shape index (κ3) is 2.00. The van der Waals surface area contributed by atoms with Crippen LogP contribution in [0.25, 0.3) is 0 Å². The first-order valence-electron chi connectivity index (χ1n) is 3.82. The topological polar surface area (TPSA) is 104 Å². The summed E-state index contributed by atoms with van der Waals surface area (Å²) in [4.78, 5) is 34.8. The van der Waals surface area contributed by atoms with Crippen molar-refractivity contribution in [3.05, 3.63) is 33.1 Å². The summed E-state index contributed by atoms with van der Waals surface area (Å²) in [6.45, 7) is 1.32. The molecule has 1 atom stereocenters. The molecule has 0 saturated heterocycles. The molecule has 1 heterocycles. The summed E-state index contributed by atoms with van der Waals surface area (Å²) in [5, 5.41) is 8.53. The molecular formula is C7H9N3O4. The van der Waals surface area contributed by atoms with Gasteiger partial charge in [0.2, 0.25) is 0 Å². The Bertz CT molecular complexity index is 418. The van der Waals surface area contributed by atoms with Gasteiger partial charge in [-0.15, -0.1) is 0 Å². The van der Waals surface area contributed by atoms with Gasteiger partial charge in [0.25, 0.3) is 5.56 Å². The normalized spacial score (nSPS) is 12.1. The van der Waals surface area contributed by atoms with Crippen LogP contribution in [0.1, 0.15) is 6.92 Å². The van der Waals surface area contributed by atoms with Crippen LogP contribution in [-0.4, -0.2) is 26.8 Å². The lowest BCUT2D eigenvalue weighted by molar-refractivity contribution is -0.137. The molecule has 1 aromatic heterocycles. The van der Waals surface area contributed by atoms with Crippen molar-refractivity contribution in [3.63, 3.8) is 0 Å². The Labute approximate surface area is 78.0 Å². The van der Waals surface area contributed by atoms with E-state index in [1.165, 1.54) is 13.1 Å². The van der Waals surface area contributed by atoms with E-state index < -0.39 is 23.3 Å². The van der Waals surface area contributed by atoms with E-state index in [0.717, 1.165) is 6.07 Å². The highest BCUT2D eigenvalue weighted by atomic mass is 16.4. The summed E-state index contributed by atoms with van der Waals surface area (Å²) in [6.07, 6.45) is 1.19. The molecule has 0 unspecified atom stereocenters. The number of rotatable bonds is 3. The van der Waals surface area contributed by atoms with Gasteiger partial charge in [-0.1, -0.05) is 0 Å². The lowest BCUT2D eigenvalue weighted by atomic mass is 10.4. The summed E-state index contributed by atoms with van der Waals surface area (Å²) in [5.41, 5.74) is 0.926. The smallest absolute Gasteiger partial charge is 0.347 e. The number of nitrogens with zero attached hydrogens (tertiary/aromatic N) is 1. The van der Waals surface area contributed by atoms with Gasteiger partial charge in [0.05, 0.1) is 0 Å². The average Bonchev–Trinajstić information content (AvgIpc) is 2.11. The number of aromatic nitrogens is 2. The van der Waals surface area contributed by atoms with Gasteiger partial charge in [-0.2, -0.15) is 4.68 Å². The largest absolute Gasteiger partial charge is 0.480 e. The molecule has 0 radical (unpaired) electrons. The van der Waals surface area contributed by atoms with Crippen LogP contribution in [0.4, 0.5) is 0 Å². The summed E-state index contributed by atoms with van der Waals surface area (Å²) in [7, 11) is 0. The molecule has 1 aromatic rings. The molecule has 7 heteroatoms. The van der Waals surface area contributed by atoms with Crippen LogP contribution in [0, 0.1) is 0 Å². The van der Waals surface area contributed by atoms with Crippen molar-refractivity contribution in [1.29, 1.82) is 0 Å². The van der Waals surface area contributed by atoms with Crippen molar-refractivity contribution >= 4 is 5.97 Å². The van der Waals surface area contributed by atoms with Crippen molar-refractivity contribution in [3.8, 4) is 0 Å². The molecule has 0 aliphatic heterocycles. The SMILES string of the molecule is C[C@H](Nn1c(=O)cc[nH]c1=O)C(=O)O. The maximum Gasteiger partial charge on any atom is 0.347 e. The lowest BCUT2D eigenvalue weighted by Crippen LogP contribution is -2.46. The van der Waals surface area contributed by atoms with E-state index in [1.54, 1.807) is 0 Å². The molecule has 0 spiro atoms. The van der Waals surface area contributed by atoms with Gasteiger partial charge in [-0.05, 0) is 6.92 Å². The van der Waals surface area contributed by atoms with Crippen LogP contribution < -0.4 is 16.7 Å². The van der Waals surface area contributed by atoms with Gasteiger partial charge in [0.15, 0.2) is 0 Å². The fourth-order valence-electron chi connectivity index (χ4n) is 0.795. The molecule has 0 aliphatic rings. The summed E-state index contributed by atoms with van der Waals surface area (Å²) in [6, 6.07) is 0.0967. The molecule has 7 nitrogen and oxygen atoms in total. The van der Waals surface area contributed by atoms with Gasteiger partial charge in [-0.25, -0.2) is 9.59 Å². The third-order valence-electron chi connectivity index (χ3n) is 1.55. The second-order valence-corrected chi connectivity index (χ2v) is 2.65.